The van der Waals surface area contributed by atoms with Crippen molar-refractivity contribution in [1.29, 1.82) is 0 Å². The van der Waals surface area contributed by atoms with E-state index in [4.69, 9.17) is 21.4 Å². The zero-order chi connectivity index (χ0) is 12.3. The summed E-state index contributed by atoms with van der Waals surface area (Å²) in [5, 5.41) is 13.1. The van der Waals surface area contributed by atoms with Crippen LogP contribution in [0.5, 0.6) is 5.75 Å². The third-order valence-corrected chi connectivity index (χ3v) is 3.52. The first-order chi connectivity index (χ1) is 8.24. The number of para-hydroxylation sites is 2. The van der Waals surface area contributed by atoms with Crippen LogP contribution in [0.4, 0.5) is 10.8 Å². The average molecular weight is 271 g/mol. The molecule has 1 heterocycles. The summed E-state index contributed by atoms with van der Waals surface area (Å²) in [6.07, 6.45) is 0. The van der Waals surface area contributed by atoms with E-state index in [0.29, 0.717) is 15.2 Å². The lowest BCUT2D eigenvalue weighted by atomic mass is 10.3. The number of ether oxygens (including phenoxy) is 1. The number of nitrogens with zero attached hydrogens (tertiary/aromatic N) is 1. The van der Waals surface area contributed by atoms with Crippen LogP contribution in [0.15, 0.2) is 24.3 Å². The van der Waals surface area contributed by atoms with Gasteiger partial charge in [0.1, 0.15) is 10.9 Å². The molecule has 6 heteroatoms. The quantitative estimate of drug-likeness (QED) is 0.897. The monoisotopic (exact) mass is 270 g/mol. The van der Waals surface area contributed by atoms with Crippen molar-refractivity contribution in [1.82, 2.24) is 4.98 Å². The van der Waals surface area contributed by atoms with Crippen LogP contribution in [0.1, 0.15) is 4.88 Å². The number of rotatable bonds is 4. The van der Waals surface area contributed by atoms with E-state index >= 15 is 0 Å². The first-order valence-electron chi connectivity index (χ1n) is 4.90. The fourth-order valence-electron chi connectivity index (χ4n) is 1.35. The van der Waals surface area contributed by atoms with Crippen LogP contribution >= 0.6 is 22.9 Å². The summed E-state index contributed by atoms with van der Waals surface area (Å²) in [4.78, 5) is 4.75. The first kappa shape index (κ1) is 12.2. The summed E-state index contributed by atoms with van der Waals surface area (Å²) in [6, 6.07) is 7.52. The number of hydrogen-bond donors (Lipinski definition) is 2. The molecule has 0 unspecified atom stereocenters. The highest BCUT2D eigenvalue weighted by atomic mass is 35.5. The summed E-state index contributed by atoms with van der Waals surface area (Å²) in [6.45, 7) is -0.107. The SMILES string of the molecule is COc1ccccc1Nc1nc(Cl)c(CO)s1. The van der Waals surface area contributed by atoms with Gasteiger partial charge < -0.3 is 15.2 Å². The maximum absolute atomic E-state index is 9.03. The number of anilines is 2. The minimum absolute atomic E-state index is 0.107. The van der Waals surface area contributed by atoms with Crippen molar-refractivity contribution in [2.75, 3.05) is 12.4 Å². The number of benzene rings is 1. The Kier molecular flexibility index (Phi) is 3.83. The van der Waals surface area contributed by atoms with Crippen LogP contribution in [0.3, 0.4) is 0 Å². The molecule has 0 bridgehead atoms. The molecule has 0 radical (unpaired) electrons. The summed E-state index contributed by atoms with van der Waals surface area (Å²) < 4.78 is 5.21. The van der Waals surface area contributed by atoms with Gasteiger partial charge in [-0.1, -0.05) is 35.1 Å². The van der Waals surface area contributed by atoms with Crippen LogP contribution in [0.2, 0.25) is 5.15 Å². The summed E-state index contributed by atoms with van der Waals surface area (Å²) >= 11 is 7.17. The van der Waals surface area contributed by atoms with E-state index in [0.717, 1.165) is 11.4 Å². The Morgan fingerprint density at radius 1 is 1.47 bits per heavy atom. The molecule has 0 amide bonds. The summed E-state index contributed by atoms with van der Waals surface area (Å²) in [5.41, 5.74) is 0.810. The Morgan fingerprint density at radius 3 is 2.88 bits per heavy atom. The normalized spacial score (nSPS) is 10.3. The zero-order valence-corrected chi connectivity index (χ0v) is 10.7. The molecule has 2 N–H and O–H groups in total. The highest BCUT2D eigenvalue weighted by Crippen LogP contribution is 2.32. The fraction of sp³-hybridized carbons (Fsp3) is 0.182. The molecule has 0 aliphatic heterocycles. The first-order valence-corrected chi connectivity index (χ1v) is 6.10. The Morgan fingerprint density at radius 2 is 2.24 bits per heavy atom. The van der Waals surface area contributed by atoms with Crippen LogP contribution in [-0.2, 0) is 6.61 Å². The molecule has 0 spiro atoms. The lowest BCUT2D eigenvalue weighted by molar-refractivity contribution is 0.285. The zero-order valence-electron chi connectivity index (χ0n) is 9.11. The van der Waals surface area contributed by atoms with E-state index in [1.165, 1.54) is 11.3 Å². The van der Waals surface area contributed by atoms with Gasteiger partial charge in [-0.05, 0) is 12.1 Å². The second-order valence-electron chi connectivity index (χ2n) is 3.22. The standard InChI is InChI=1S/C11H11ClN2O2S/c1-16-8-5-3-2-4-7(8)13-11-14-10(12)9(6-15)17-11/h2-5,15H,6H2,1H3,(H,13,14). The van der Waals surface area contributed by atoms with Crippen molar-refractivity contribution < 1.29 is 9.84 Å². The molecular weight excluding hydrogens is 260 g/mol. The van der Waals surface area contributed by atoms with Gasteiger partial charge in [0.05, 0.1) is 24.3 Å². The molecule has 17 heavy (non-hydrogen) atoms. The number of methoxy groups -OCH3 is 1. The highest BCUT2D eigenvalue weighted by molar-refractivity contribution is 7.16. The average Bonchev–Trinajstić information content (AvgIpc) is 2.70. The van der Waals surface area contributed by atoms with Crippen molar-refractivity contribution in [3.63, 3.8) is 0 Å². The Bertz CT molecular complexity index is 516. The Hall–Kier alpha value is -1.30. The molecule has 4 nitrogen and oxygen atoms in total. The Labute approximate surface area is 108 Å². The molecular formula is C11H11ClN2O2S. The van der Waals surface area contributed by atoms with Gasteiger partial charge in [0, 0.05) is 0 Å². The van der Waals surface area contributed by atoms with E-state index in [1.807, 2.05) is 24.3 Å². The second-order valence-corrected chi connectivity index (χ2v) is 4.66. The van der Waals surface area contributed by atoms with Gasteiger partial charge in [-0.3, -0.25) is 0 Å². The van der Waals surface area contributed by atoms with Gasteiger partial charge in [-0.2, -0.15) is 0 Å². The van der Waals surface area contributed by atoms with Gasteiger partial charge in [-0.25, -0.2) is 4.98 Å². The minimum Gasteiger partial charge on any atom is -0.495 e. The maximum atomic E-state index is 9.03. The molecule has 2 aromatic rings. The number of thiazole rings is 1. The molecule has 1 aromatic carbocycles. The minimum atomic E-state index is -0.107. The van der Waals surface area contributed by atoms with Gasteiger partial charge in [0.2, 0.25) is 0 Å². The lowest BCUT2D eigenvalue weighted by Crippen LogP contribution is -1.93. The van der Waals surface area contributed by atoms with E-state index in [2.05, 4.69) is 10.3 Å². The predicted octanol–water partition coefficient (Wildman–Crippen LogP) is 3.04. The van der Waals surface area contributed by atoms with E-state index in [-0.39, 0.29) is 6.61 Å². The van der Waals surface area contributed by atoms with Crippen molar-refractivity contribution in [2.45, 2.75) is 6.61 Å². The van der Waals surface area contributed by atoms with Crippen molar-refractivity contribution >= 4 is 33.8 Å². The molecule has 90 valence electrons. The van der Waals surface area contributed by atoms with Crippen molar-refractivity contribution in [3.8, 4) is 5.75 Å². The third-order valence-electron chi connectivity index (χ3n) is 2.14. The molecule has 0 saturated heterocycles. The third kappa shape index (κ3) is 2.69. The van der Waals surface area contributed by atoms with Crippen LogP contribution in [-0.4, -0.2) is 17.2 Å². The van der Waals surface area contributed by atoms with Crippen molar-refractivity contribution in [2.24, 2.45) is 0 Å². The number of nitrogens with one attached hydrogen (secondary N) is 1. The molecule has 0 saturated carbocycles. The number of halogens is 1. The van der Waals surface area contributed by atoms with E-state index in [1.54, 1.807) is 7.11 Å². The molecule has 0 aliphatic rings. The van der Waals surface area contributed by atoms with Crippen molar-refractivity contribution in [3.05, 3.63) is 34.3 Å². The van der Waals surface area contributed by atoms with Crippen LogP contribution in [0, 0.1) is 0 Å². The van der Waals surface area contributed by atoms with Gasteiger partial charge >= 0.3 is 0 Å². The molecule has 1 aromatic heterocycles. The largest absolute Gasteiger partial charge is 0.495 e. The van der Waals surface area contributed by atoms with Crippen LogP contribution < -0.4 is 10.1 Å². The molecule has 2 rings (SSSR count). The summed E-state index contributed by atoms with van der Waals surface area (Å²) in [7, 11) is 1.61. The lowest BCUT2D eigenvalue weighted by Gasteiger charge is -2.07. The number of aliphatic hydroxyl groups is 1. The Balaban J connectivity index is 2.25. The van der Waals surface area contributed by atoms with Gasteiger partial charge in [0.15, 0.2) is 5.13 Å². The van der Waals surface area contributed by atoms with Gasteiger partial charge in [-0.15, -0.1) is 0 Å². The van der Waals surface area contributed by atoms with E-state index in [9.17, 15) is 0 Å². The van der Waals surface area contributed by atoms with Crippen LogP contribution in [0.25, 0.3) is 0 Å². The van der Waals surface area contributed by atoms with Gasteiger partial charge in [0.25, 0.3) is 0 Å². The predicted molar refractivity (Wildman–Crippen MR) is 69.3 cm³/mol. The highest BCUT2D eigenvalue weighted by Gasteiger charge is 2.09. The number of aliphatic hydroxyl groups excluding tert-OH is 1. The smallest absolute Gasteiger partial charge is 0.189 e. The number of hydrogen-bond acceptors (Lipinski definition) is 5. The maximum Gasteiger partial charge on any atom is 0.189 e. The fourth-order valence-corrected chi connectivity index (χ4v) is 2.38. The summed E-state index contributed by atoms with van der Waals surface area (Å²) in [5.74, 6) is 0.726. The van der Waals surface area contributed by atoms with E-state index < -0.39 is 0 Å². The topological polar surface area (TPSA) is 54.4 Å². The molecule has 0 aliphatic carbocycles. The molecule has 0 atom stereocenters. The number of aromatic nitrogens is 1. The molecule has 0 fully saturated rings. The second kappa shape index (κ2) is 5.35.